The van der Waals surface area contributed by atoms with Crippen molar-refractivity contribution in [2.24, 2.45) is 0 Å². The van der Waals surface area contributed by atoms with Crippen molar-refractivity contribution >= 4 is 10.9 Å². The Morgan fingerprint density at radius 2 is 1.65 bits per heavy atom. The van der Waals surface area contributed by atoms with Crippen molar-refractivity contribution in [1.82, 2.24) is 9.97 Å². The quantitative estimate of drug-likeness (QED) is 0.470. The third-order valence-corrected chi connectivity index (χ3v) is 4.88. The van der Waals surface area contributed by atoms with Gasteiger partial charge in [-0.3, -0.25) is 9.78 Å². The zero-order valence-corrected chi connectivity index (χ0v) is 16.6. The van der Waals surface area contributed by atoms with Crippen LogP contribution in [-0.2, 0) is 0 Å². The second-order valence-electron chi connectivity index (χ2n) is 6.87. The maximum atomic E-state index is 12.8. The number of aromatic nitrogens is 2. The van der Waals surface area contributed by atoms with Gasteiger partial charge in [0, 0.05) is 23.2 Å². The molecule has 0 saturated heterocycles. The number of benzene rings is 2. The van der Waals surface area contributed by atoms with Crippen LogP contribution in [0.5, 0.6) is 11.5 Å². The Balaban J connectivity index is 1.75. The summed E-state index contributed by atoms with van der Waals surface area (Å²) in [5.41, 5.74) is 3.52. The van der Waals surface area contributed by atoms with Gasteiger partial charge in [-0.05, 0) is 54.4 Å². The molecule has 0 aliphatic heterocycles. The number of ether oxygens (including phenoxy) is 2. The van der Waals surface area contributed by atoms with Crippen molar-refractivity contribution in [3.8, 4) is 34.0 Å². The number of hydrogen-bond donors (Lipinski definition) is 1. The molecule has 5 nitrogen and oxygen atoms in total. The second-order valence-corrected chi connectivity index (χ2v) is 6.87. The zero-order valence-electron chi connectivity index (χ0n) is 16.6. The predicted molar refractivity (Wildman–Crippen MR) is 111 cm³/mol. The molecule has 0 atom stereocenters. The first-order chi connectivity index (χ1) is 14.7. The SMILES string of the molecule is COc1ccc2c(=O)c(C)c(-c3cc(-c4ccc(OC(F)(F)F)cc4)ccn3)[nH]c2c1. The van der Waals surface area contributed by atoms with Crippen molar-refractivity contribution in [2.45, 2.75) is 13.3 Å². The molecule has 0 aliphatic rings. The van der Waals surface area contributed by atoms with Gasteiger partial charge in [0.1, 0.15) is 11.5 Å². The number of alkyl halides is 3. The molecule has 0 fully saturated rings. The van der Waals surface area contributed by atoms with E-state index in [1.807, 2.05) is 0 Å². The van der Waals surface area contributed by atoms with Crippen LogP contribution < -0.4 is 14.9 Å². The minimum Gasteiger partial charge on any atom is -0.497 e. The lowest BCUT2D eigenvalue weighted by atomic mass is 10.0. The first-order valence-electron chi connectivity index (χ1n) is 9.28. The molecular formula is C23H17F3N2O3. The normalized spacial score (nSPS) is 11.5. The third kappa shape index (κ3) is 4.23. The lowest BCUT2D eigenvalue weighted by molar-refractivity contribution is -0.274. The van der Waals surface area contributed by atoms with E-state index in [1.165, 1.54) is 24.3 Å². The lowest BCUT2D eigenvalue weighted by Crippen LogP contribution is -2.16. The molecule has 0 saturated carbocycles. The highest BCUT2D eigenvalue weighted by Gasteiger charge is 2.31. The van der Waals surface area contributed by atoms with Crippen LogP contribution >= 0.6 is 0 Å². The van der Waals surface area contributed by atoms with Crippen LogP contribution in [0.15, 0.2) is 65.6 Å². The fourth-order valence-corrected chi connectivity index (χ4v) is 3.35. The molecule has 0 unspecified atom stereocenters. The van der Waals surface area contributed by atoms with E-state index >= 15 is 0 Å². The highest BCUT2D eigenvalue weighted by atomic mass is 19.4. The molecule has 1 N–H and O–H groups in total. The van der Waals surface area contributed by atoms with Crippen LogP contribution in [0.4, 0.5) is 13.2 Å². The van der Waals surface area contributed by atoms with Crippen LogP contribution in [0.1, 0.15) is 5.56 Å². The molecule has 0 amide bonds. The number of nitrogens with zero attached hydrogens (tertiary/aromatic N) is 1. The van der Waals surface area contributed by atoms with E-state index in [9.17, 15) is 18.0 Å². The van der Waals surface area contributed by atoms with Crippen molar-refractivity contribution in [2.75, 3.05) is 7.11 Å². The summed E-state index contributed by atoms with van der Waals surface area (Å²) >= 11 is 0. The monoisotopic (exact) mass is 426 g/mol. The van der Waals surface area contributed by atoms with Crippen LogP contribution in [0.25, 0.3) is 33.4 Å². The van der Waals surface area contributed by atoms with Gasteiger partial charge in [0.25, 0.3) is 0 Å². The Hall–Kier alpha value is -3.81. The molecule has 2 aromatic carbocycles. The largest absolute Gasteiger partial charge is 0.573 e. The van der Waals surface area contributed by atoms with E-state index in [4.69, 9.17) is 4.74 Å². The number of halogens is 3. The van der Waals surface area contributed by atoms with E-state index in [-0.39, 0.29) is 11.2 Å². The molecule has 4 rings (SSSR count). The number of pyridine rings is 2. The van der Waals surface area contributed by atoms with Gasteiger partial charge in [0.15, 0.2) is 5.43 Å². The standard InChI is InChI=1S/C23H17F3N2O3/c1-13-21(28-19-12-17(30-2)7-8-18(19)22(13)29)20-11-15(9-10-27-20)14-3-5-16(6-4-14)31-23(24,25)26/h3-12H,1-2H3,(H,28,29). The fourth-order valence-electron chi connectivity index (χ4n) is 3.35. The maximum absolute atomic E-state index is 12.8. The molecule has 8 heteroatoms. The van der Waals surface area contributed by atoms with Crippen LogP contribution in [0.3, 0.4) is 0 Å². The molecule has 158 valence electrons. The van der Waals surface area contributed by atoms with E-state index in [2.05, 4.69) is 14.7 Å². The molecule has 4 aromatic rings. The number of fused-ring (bicyclic) bond motifs is 1. The molecule has 2 heterocycles. The van der Waals surface area contributed by atoms with Gasteiger partial charge in [0.05, 0.1) is 24.0 Å². The minimum atomic E-state index is -4.74. The van der Waals surface area contributed by atoms with Crippen molar-refractivity contribution < 1.29 is 22.6 Å². The first-order valence-corrected chi connectivity index (χ1v) is 9.28. The summed E-state index contributed by atoms with van der Waals surface area (Å²) in [6.45, 7) is 1.72. The van der Waals surface area contributed by atoms with Crippen LogP contribution in [0.2, 0.25) is 0 Å². The topological polar surface area (TPSA) is 64.2 Å². The average molecular weight is 426 g/mol. The minimum absolute atomic E-state index is 0.118. The molecule has 0 spiro atoms. The summed E-state index contributed by atoms with van der Waals surface area (Å²) in [4.78, 5) is 20.5. The van der Waals surface area contributed by atoms with Crippen LogP contribution in [0, 0.1) is 6.92 Å². The smallest absolute Gasteiger partial charge is 0.497 e. The molecule has 0 aliphatic carbocycles. The molecule has 31 heavy (non-hydrogen) atoms. The van der Waals surface area contributed by atoms with Gasteiger partial charge in [-0.15, -0.1) is 13.2 Å². The first kappa shape index (κ1) is 20.5. The van der Waals surface area contributed by atoms with Gasteiger partial charge >= 0.3 is 6.36 Å². The molecule has 0 bridgehead atoms. The van der Waals surface area contributed by atoms with Crippen LogP contribution in [-0.4, -0.2) is 23.4 Å². The summed E-state index contributed by atoms with van der Waals surface area (Å²) in [6, 6.07) is 14.2. The number of aromatic amines is 1. The number of H-pyrrole nitrogens is 1. The molecule has 0 radical (unpaired) electrons. The van der Waals surface area contributed by atoms with E-state index in [1.54, 1.807) is 50.6 Å². The Bertz CT molecular complexity index is 1310. The number of nitrogens with one attached hydrogen (secondary N) is 1. The summed E-state index contributed by atoms with van der Waals surface area (Å²) in [7, 11) is 1.55. The molecule has 2 aromatic heterocycles. The number of rotatable bonds is 4. The lowest BCUT2D eigenvalue weighted by Gasteiger charge is -2.11. The van der Waals surface area contributed by atoms with Gasteiger partial charge < -0.3 is 14.5 Å². The molecular weight excluding hydrogens is 409 g/mol. The highest BCUT2D eigenvalue weighted by Crippen LogP contribution is 2.29. The van der Waals surface area contributed by atoms with Crippen molar-refractivity contribution in [3.05, 3.63) is 76.6 Å². The van der Waals surface area contributed by atoms with Gasteiger partial charge in [-0.25, -0.2) is 0 Å². The maximum Gasteiger partial charge on any atom is 0.573 e. The highest BCUT2D eigenvalue weighted by molar-refractivity contribution is 5.84. The summed E-state index contributed by atoms with van der Waals surface area (Å²) in [5.74, 6) is 0.315. The third-order valence-electron chi connectivity index (χ3n) is 4.88. The van der Waals surface area contributed by atoms with Gasteiger partial charge in [-0.2, -0.15) is 0 Å². The summed E-state index contributed by atoms with van der Waals surface area (Å²) in [5, 5.41) is 0.540. The predicted octanol–water partition coefficient (Wildman–Crippen LogP) is 5.47. The Morgan fingerprint density at radius 1 is 0.935 bits per heavy atom. The van der Waals surface area contributed by atoms with Gasteiger partial charge in [-0.1, -0.05) is 12.1 Å². The van der Waals surface area contributed by atoms with Crippen molar-refractivity contribution in [1.29, 1.82) is 0 Å². The average Bonchev–Trinajstić information content (AvgIpc) is 2.75. The Morgan fingerprint density at radius 3 is 2.32 bits per heavy atom. The summed E-state index contributed by atoms with van der Waals surface area (Å²) < 4.78 is 46.3. The van der Waals surface area contributed by atoms with E-state index in [0.29, 0.717) is 39.2 Å². The van der Waals surface area contributed by atoms with E-state index < -0.39 is 6.36 Å². The number of methoxy groups -OCH3 is 1. The Labute approximate surface area is 175 Å². The zero-order chi connectivity index (χ0) is 22.2. The van der Waals surface area contributed by atoms with Gasteiger partial charge in [0.2, 0.25) is 0 Å². The Kier molecular flexibility index (Phi) is 5.14. The fraction of sp³-hybridized carbons (Fsp3) is 0.130. The second kappa shape index (κ2) is 7.79. The summed E-state index contributed by atoms with van der Waals surface area (Å²) in [6.07, 6.45) is -3.16. The van der Waals surface area contributed by atoms with E-state index in [0.717, 1.165) is 5.56 Å². The van der Waals surface area contributed by atoms with Crippen molar-refractivity contribution in [3.63, 3.8) is 0 Å². The number of hydrogen-bond acceptors (Lipinski definition) is 4.